The summed E-state index contributed by atoms with van der Waals surface area (Å²) in [4.78, 5) is 14.7. The van der Waals surface area contributed by atoms with Gasteiger partial charge in [-0.05, 0) is 19.3 Å². The summed E-state index contributed by atoms with van der Waals surface area (Å²) in [6.45, 7) is 9.12. The van der Waals surface area contributed by atoms with Crippen LogP contribution in [0.5, 0.6) is 0 Å². The summed E-state index contributed by atoms with van der Waals surface area (Å²) in [5.41, 5.74) is 0. The van der Waals surface area contributed by atoms with Crippen molar-refractivity contribution in [2.75, 3.05) is 65.9 Å². The second kappa shape index (κ2) is 21.0. The van der Waals surface area contributed by atoms with Gasteiger partial charge in [0.15, 0.2) is 0 Å². The second-order valence-electron chi connectivity index (χ2n) is 11.6. The van der Waals surface area contributed by atoms with Gasteiger partial charge in [-0.1, -0.05) is 77.6 Å². The van der Waals surface area contributed by atoms with Gasteiger partial charge in [-0.25, -0.2) is 0 Å². The lowest BCUT2D eigenvalue weighted by atomic mass is 10.0. The third-order valence-electron chi connectivity index (χ3n) is 7.74. The van der Waals surface area contributed by atoms with Crippen molar-refractivity contribution in [3.05, 3.63) is 0 Å². The normalized spacial score (nSPS) is 22.1. The predicted octanol–water partition coefficient (Wildman–Crippen LogP) is 5.30. The van der Waals surface area contributed by atoms with Gasteiger partial charge in [0.25, 0.3) is 0 Å². The molecule has 3 saturated heterocycles. The molecular formula is C31H57NO7. The summed E-state index contributed by atoms with van der Waals surface area (Å²) in [6, 6.07) is 0. The van der Waals surface area contributed by atoms with Crippen LogP contribution in [0.15, 0.2) is 0 Å². The van der Waals surface area contributed by atoms with Crippen LogP contribution in [-0.4, -0.2) is 101 Å². The van der Waals surface area contributed by atoms with Crippen molar-refractivity contribution in [2.45, 2.75) is 128 Å². The highest BCUT2D eigenvalue weighted by Gasteiger charge is 2.25. The number of ether oxygens (including phenoxy) is 6. The van der Waals surface area contributed by atoms with E-state index in [0.29, 0.717) is 58.1 Å². The lowest BCUT2D eigenvalue weighted by molar-refractivity contribution is -0.133. The van der Waals surface area contributed by atoms with Gasteiger partial charge in [-0.3, -0.25) is 4.79 Å². The van der Waals surface area contributed by atoms with E-state index < -0.39 is 0 Å². The molecule has 3 fully saturated rings. The number of unbranched alkanes of at least 4 members (excludes halogenated alkanes) is 10. The predicted molar refractivity (Wildman–Crippen MR) is 152 cm³/mol. The molecule has 8 heteroatoms. The summed E-state index contributed by atoms with van der Waals surface area (Å²) >= 11 is 0. The third kappa shape index (κ3) is 18.3. The smallest absolute Gasteiger partial charge is 0.222 e. The quantitative estimate of drug-likeness (QED) is 0.0914. The van der Waals surface area contributed by atoms with E-state index in [4.69, 9.17) is 28.4 Å². The minimum atomic E-state index is 0.215. The average molecular weight is 556 g/mol. The Bertz CT molecular complexity index is 590. The molecular weight excluding hydrogens is 498 g/mol. The lowest BCUT2D eigenvalue weighted by Crippen LogP contribution is -2.37. The van der Waals surface area contributed by atoms with Gasteiger partial charge in [0, 0.05) is 19.5 Å². The van der Waals surface area contributed by atoms with Crippen LogP contribution in [0.4, 0.5) is 0 Å². The number of rotatable bonds is 29. The molecule has 3 aliphatic heterocycles. The average Bonchev–Trinajstić information content (AvgIpc) is 3.79. The number of epoxide rings is 3. The van der Waals surface area contributed by atoms with Gasteiger partial charge in [0.1, 0.15) is 18.3 Å². The van der Waals surface area contributed by atoms with E-state index in [0.717, 1.165) is 39.3 Å². The number of carbonyl (C=O) groups is 1. The van der Waals surface area contributed by atoms with Crippen molar-refractivity contribution in [1.82, 2.24) is 4.90 Å². The number of hydrogen-bond donors (Lipinski definition) is 0. The maximum Gasteiger partial charge on any atom is 0.222 e. The van der Waals surface area contributed by atoms with Crippen LogP contribution in [0.1, 0.15) is 103 Å². The van der Waals surface area contributed by atoms with E-state index >= 15 is 0 Å². The highest BCUT2D eigenvalue weighted by Crippen LogP contribution is 2.19. The van der Waals surface area contributed by atoms with Crippen molar-refractivity contribution in [3.8, 4) is 0 Å². The van der Waals surface area contributed by atoms with E-state index in [9.17, 15) is 4.79 Å². The Labute approximate surface area is 237 Å². The second-order valence-corrected chi connectivity index (χ2v) is 11.6. The standard InChI is InChI=1S/C31H57NO7/c1-2-3-4-11-14-27(36-25-30-26-39-30)15-12-9-7-5-6-8-10-13-16-31(33)32(17-19-34-21-28-23-37-28)18-20-35-22-29-24-38-29/h27-30H,2-26H2,1H3. The summed E-state index contributed by atoms with van der Waals surface area (Å²) in [7, 11) is 0. The highest BCUT2D eigenvalue weighted by atomic mass is 16.6. The van der Waals surface area contributed by atoms with E-state index in [-0.39, 0.29) is 18.1 Å². The van der Waals surface area contributed by atoms with Gasteiger partial charge >= 0.3 is 0 Å². The molecule has 228 valence electrons. The molecule has 0 aromatic rings. The molecule has 0 aromatic carbocycles. The van der Waals surface area contributed by atoms with E-state index in [2.05, 4.69) is 6.92 Å². The molecule has 3 aliphatic rings. The Morgan fingerprint density at radius 3 is 1.67 bits per heavy atom. The SMILES string of the molecule is CCCCCCC(CCCCCCCCCCC(=O)N(CCOCC1CO1)CCOCC1CO1)OCC1CO1. The molecule has 0 radical (unpaired) electrons. The van der Waals surface area contributed by atoms with Gasteiger partial charge in [-0.15, -0.1) is 0 Å². The fraction of sp³-hybridized carbons (Fsp3) is 0.968. The largest absolute Gasteiger partial charge is 0.377 e. The first-order chi connectivity index (χ1) is 19.2. The number of hydrogen-bond acceptors (Lipinski definition) is 7. The van der Waals surface area contributed by atoms with Crippen LogP contribution < -0.4 is 0 Å². The first-order valence-electron chi connectivity index (χ1n) is 16.1. The van der Waals surface area contributed by atoms with Gasteiger partial charge in [0.05, 0.1) is 59.0 Å². The van der Waals surface area contributed by atoms with Crippen LogP contribution in [-0.2, 0) is 33.2 Å². The van der Waals surface area contributed by atoms with Gasteiger partial charge in [0.2, 0.25) is 5.91 Å². The number of amides is 1. The Kier molecular flexibility index (Phi) is 17.6. The molecule has 0 aliphatic carbocycles. The van der Waals surface area contributed by atoms with E-state index in [1.54, 1.807) is 0 Å². The Balaban J connectivity index is 1.15. The number of nitrogens with zero attached hydrogens (tertiary/aromatic N) is 1. The zero-order valence-corrected chi connectivity index (χ0v) is 24.8. The molecule has 0 aromatic heterocycles. The first-order valence-corrected chi connectivity index (χ1v) is 16.1. The topological polar surface area (TPSA) is 85.6 Å². The molecule has 8 nitrogen and oxygen atoms in total. The molecule has 0 spiro atoms. The molecule has 4 unspecified atom stereocenters. The van der Waals surface area contributed by atoms with Crippen molar-refractivity contribution in [2.24, 2.45) is 0 Å². The lowest BCUT2D eigenvalue weighted by Gasteiger charge is -2.22. The monoisotopic (exact) mass is 555 g/mol. The zero-order chi connectivity index (χ0) is 27.4. The van der Waals surface area contributed by atoms with Crippen LogP contribution >= 0.6 is 0 Å². The highest BCUT2D eigenvalue weighted by molar-refractivity contribution is 5.76. The van der Waals surface area contributed by atoms with E-state index in [1.165, 1.54) is 77.0 Å². The number of carbonyl (C=O) groups excluding carboxylic acids is 1. The zero-order valence-electron chi connectivity index (χ0n) is 24.8. The summed E-state index contributed by atoms with van der Waals surface area (Å²) in [5.74, 6) is 0.215. The third-order valence-corrected chi connectivity index (χ3v) is 7.74. The van der Waals surface area contributed by atoms with Crippen LogP contribution in [0, 0.1) is 0 Å². The Hall–Kier alpha value is -0.770. The summed E-state index contributed by atoms with van der Waals surface area (Å²) in [6.07, 6.45) is 19.3. The van der Waals surface area contributed by atoms with E-state index in [1.807, 2.05) is 4.90 Å². The maximum atomic E-state index is 12.8. The molecule has 0 saturated carbocycles. The molecule has 0 bridgehead atoms. The molecule has 3 heterocycles. The van der Waals surface area contributed by atoms with Crippen LogP contribution in [0.2, 0.25) is 0 Å². The van der Waals surface area contributed by atoms with Crippen molar-refractivity contribution < 1.29 is 33.2 Å². The van der Waals surface area contributed by atoms with Gasteiger partial charge in [-0.2, -0.15) is 0 Å². The fourth-order valence-electron chi connectivity index (χ4n) is 4.85. The molecule has 4 atom stereocenters. The van der Waals surface area contributed by atoms with Crippen molar-refractivity contribution in [3.63, 3.8) is 0 Å². The fourth-order valence-corrected chi connectivity index (χ4v) is 4.85. The van der Waals surface area contributed by atoms with Crippen molar-refractivity contribution in [1.29, 1.82) is 0 Å². The summed E-state index contributed by atoms with van der Waals surface area (Å²) in [5, 5.41) is 0. The van der Waals surface area contributed by atoms with Crippen LogP contribution in [0.3, 0.4) is 0 Å². The molecule has 0 N–H and O–H groups in total. The van der Waals surface area contributed by atoms with Crippen LogP contribution in [0.25, 0.3) is 0 Å². The minimum Gasteiger partial charge on any atom is -0.377 e. The van der Waals surface area contributed by atoms with Crippen molar-refractivity contribution >= 4 is 5.91 Å². The molecule has 3 rings (SSSR count). The minimum absolute atomic E-state index is 0.215. The maximum absolute atomic E-state index is 12.8. The Morgan fingerprint density at radius 1 is 0.692 bits per heavy atom. The molecule has 1 amide bonds. The summed E-state index contributed by atoms with van der Waals surface area (Å²) < 4.78 is 33.2. The Morgan fingerprint density at radius 2 is 1.15 bits per heavy atom. The first kappa shape index (κ1) is 32.7. The van der Waals surface area contributed by atoms with Gasteiger partial charge < -0.3 is 33.3 Å². The molecule has 39 heavy (non-hydrogen) atoms.